The van der Waals surface area contributed by atoms with Crippen LogP contribution in [0.2, 0.25) is 0 Å². The Morgan fingerprint density at radius 2 is 1.68 bits per heavy atom. The molecule has 0 radical (unpaired) electrons. The molecule has 1 heterocycles. The van der Waals surface area contributed by atoms with E-state index in [1.165, 1.54) is 19.3 Å². The van der Waals surface area contributed by atoms with Crippen LogP contribution in [0.25, 0.3) is 0 Å². The largest absolute Gasteiger partial charge is 0.504 e. The predicted octanol–water partition coefficient (Wildman–Crippen LogP) is 2.28. The third-order valence-corrected chi connectivity index (χ3v) is 5.50. The van der Waals surface area contributed by atoms with E-state index in [9.17, 15) is 9.90 Å². The van der Waals surface area contributed by atoms with Crippen molar-refractivity contribution in [2.75, 3.05) is 0 Å². The summed E-state index contributed by atoms with van der Waals surface area (Å²) >= 11 is 0. The molecular weight excluding hydrogens is 244 g/mol. The highest BCUT2D eigenvalue weighted by Crippen LogP contribution is 2.61. The molecule has 4 saturated carbocycles. The summed E-state index contributed by atoms with van der Waals surface area (Å²) in [5.41, 5.74) is 0.387. The van der Waals surface area contributed by atoms with E-state index in [0.717, 1.165) is 37.0 Å². The summed E-state index contributed by atoms with van der Waals surface area (Å²) in [6, 6.07) is 0. The van der Waals surface area contributed by atoms with Crippen LogP contribution in [0.1, 0.15) is 54.7 Å². The van der Waals surface area contributed by atoms with Crippen LogP contribution in [-0.2, 0) is 5.41 Å². The average molecular weight is 262 g/mol. The first kappa shape index (κ1) is 11.3. The topological polar surface area (TPSA) is 86.2 Å². The minimum Gasteiger partial charge on any atom is -0.504 e. The normalized spacial score (nSPS) is 39.7. The quantitative estimate of drug-likeness (QED) is 0.763. The number of carbonyl (C=O) groups is 1. The fourth-order valence-electron chi connectivity index (χ4n) is 5.26. The zero-order valence-corrected chi connectivity index (χ0v) is 10.7. The van der Waals surface area contributed by atoms with Gasteiger partial charge in [-0.3, -0.25) is 5.10 Å². The Bertz CT molecular complexity index is 514. The van der Waals surface area contributed by atoms with E-state index in [1.807, 2.05) is 0 Å². The summed E-state index contributed by atoms with van der Waals surface area (Å²) in [6.07, 6.45) is 7.14. The van der Waals surface area contributed by atoms with Gasteiger partial charge in [0.1, 0.15) is 5.69 Å². The van der Waals surface area contributed by atoms with E-state index < -0.39 is 5.97 Å². The zero-order chi connectivity index (χ0) is 13.2. The molecular formula is C14H18N2O3. The SMILES string of the molecule is O=C(O)c1[nH]nc(C23CC4CC(CC(C4)C2)C3)c1O. The lowest BCUT2D eigenvalue weighted by atomic mass is 9.49. The van der Waals surface area contributed by atoms with Gasteiger partial charge in [0, 0.05) is 5.41 Å². The maximum absolute atomic E-state index is 11.0. The van der Waals surface area contributed by atoms with Gasteiger partial charge in [-0.15, -0.1) is 0 Å². The lowest BCUT2D eigenvalue weighted by Crippen LogP contribution is -2.48. The molecule has 19 heavy (non-hydrogen) atoms. The van der Waals surface area contributed by atoms with Crippen molar-refractivity contribution in [1.29, 1.82) is 0 Å². The number of aromatic carboxylic acids is 1. The Hall–Kier alpha value is -1.52. The van der Waals surface area contributed by atoms with Crippen molar-refractivity contribution in [3.8, 4) is 5.75 Å². The van der Waals surface area contributed by atoms with E-state index in [-0.39, 0.29) is 16.9 Å². The summed E-state index contributed by atoms with van der Waals surface area (Å²) in [4.78, 5) is 11.0. The molecule has 5 rings (SSSR count). The maximum Gasteiger partial charge on any atom is 0.357 e. The van der Waals surface area contributed by atoms with Crippen molar-refractivity contribution in [2.45, 2.75) is 43.9 Å². The predicted molar refractivity (Wildman–Crippen MR) is 67.1 cm³/mol. The molecule has 5 heteroatoms. The molecule has 102 valence electrons. The van der Waals surface area contributed by atoms with Gasteiger partial charge in [-0.25, -0.2) is 4.79 Å². The van der Waals surface area contributed by atoms with E-state index in [0.29, 0.717) is 5.69 Å². The monoisotopic (exact) mass is 262 g/mol. The van der Waals surface area contributed by atoms with Gasteiger partial charge in [-0.1, -0.05) is 0 Å². The second-order valence-electron chi connectivity index (χ2n) is 6.80. The first-order valence-electron chi connectivity index (χ1n) is 7.08. The molecule has 4 bridgehead atoms. The molecule has 0 saturated heterocycles. The number of H-pyrrole nitrogens is 1. The molecule has 4 aliphatic rings. The molecule has 0 amide bonds. The Morgan fingerprint density at radius 1 is 1.16 bits per heavy atom. The van der Waals surface area contributed by atoms with Crippen molar-refractivity contribution in [3.05, 3.63) is 11.4 Å². The third-order valence-electron chi connectivity index (χ3n) is 5.50. The molecule has 0 aliphatic heterocycles. The van der Waals surface area contributed by atoms with Gasteiger partial charge in [0.25, 0.3) is 0 Å². The highest BCUT2D eigenvalue weighted by atomic mass is 16.4. The molecule has 3 N–H and O–H groups in total. The van der Waals surface area contributed by atoms with Gasteiger partial charge >= 0.3 is 5.97 Å². The van der Waals surface area contributed by atoms with Gasteiger partial charge < -0.3 is 10.2 Å². The number of aromatic hydroxyl groups is 1. The number of hydrogen-bond donors (Lipinski definition) is 3. The molecule has 4 aliphatic carbocycles. The summed E-state index contributed by atoms with van der Waals surface area (Å²) in [5.74, 6) is 0.970. The van der Waals surface area contributed by atoms with E-state index in [1.54, 1.807) is 0 Å². The van der Waals surface area contributed by atoms with E-state index in [4.69, 9.17) is 5.11 Å². The van der Waals surface area contributed by atoms with Crippen molar-refractivity contribution < 1.29 is 15.0 Å². The molecule has 1 aromatic rings. The molecule has 0 aromatic carbocycles. The number of aromatic nitrogens is 2. The van der Waals surface area contributed by atoms with Crippen LogP contribution in [0.15, 0.2) is 0 Å². The highest BCUT2D eigenvalue weighted by Gasteiger charge is 2.54. The van der Waals surface area contributed by atoms with Gasteiger partial charge in [0.05, 0.1) is 0 Å². The molecule has 0 spiro atoms. The Kier molecular flexibility index (Phi) is 2.10. The first-order valence-corrected chi connectivity index (χ1v) is 7.08. The van der Waals surface area contributed by atoms with Gasteiger partial charge in [0.15, 0.2) is 11.4 Å². The van der Waals surface area contributed by atoms with Crippen LogP contribution in [0.4, 0.5) is 0 Å². The summed E-state index contributed by atoms with van der Waals surface area (Å²) < 4.78 is 0. The smallest absolute Gasteiger partial charge is 0.357 e. The first-order chi connectivity index (χ1) is 9.07. The van der Waals surface area contributed by atoms with E-state index >= 15 is 0 Å². The number of nitrogens with one attached hydrogen (secondary N) is 1. The minimum absolute atomic E-state index is 0.0664. The average Bonchev–Trinajstić information content (AvgIpc) is 2.69. The molecule has 4 fully saturated rings. The maximum atomic E-state index is 11.0. The summed E-state index contributed by atoms with van der Waals surface area (Å²) in [7, 11) is 0. The summed E-state index contributed by atoms with van der Waals surface area (Å²) in [6.45, 7) is 0. The van der Waals surface area contributed by atoms with Crippen molar-refractivity contribution in [2.24, 2.45) is 17.8 Å². The molecule has 5 nitrogen and oxygen atoms in total. The second kappa shape index (κ2) is 3.52. The van der Waals surface area contributed by atoms with Crippen molar-refractivity contribution in [3.63, 3.8) is 0 Å². The fourth-order valence-corrected chi connectivity index (χ4v) is 5.26. The second-order valence-corrected chi connectivity index (χ2v) is 6.80. The Labute approximate surface area is 111 Å². The number of nitrogens with zero attached hydrogens (tertiary/aromatic N) is 1. The van der Waals surface area contributed by atoms with Crippen LogP contribution in [-0.4, -0.2) is 26.4 Å². The standard InChI is InChI=1S/C14H18N2O3/c17-11-10(13(18)19)15-16-12(11)14-4-7-1-8(5-14)3-9(2-7)6-14/h7-9,17H,1-6H2,(H,15,16)(H,18,19). The highest BCUT2D eigenvalue weighted by molar-refractivity contribution is 5.88. The molecule has 1 aromatic heterocycles. The molecule has 0 unspecified atom stereocenters. The van der Waals surface area contributed by atoms with Crippen LogP contribution in [0.5, 0.6) is 5.75 Å². The van der Waals surface area contributed by atoms with Crippen LogP contribution >= 0.6 is 0 Å². The molecule has 0 atom stereocenters. The van der Waals surface area contributed by atoms with Gasteiger partial charge in [0.2, 0.25) is 0 Å². The number of hydrogen-bond acceptors (Lipinski definition) is 3. The van der Waals surface area contributed by atoms with Gasteiger partial charge in [-0.05, 0) is 56.3 Å². The number of carboxylic acids is 1. The lowest BCUT2D eigenvalue weighted by molar-refractivity contribution is -0.00816. The van der Waals surface area contributed by atoms with Crippen LogP contribution in [0, 0.1) is 17.8 Å². The summed E-state index contributed by atoms with van der Waals surface area (Å²) in [5, 5.41) is 25.9. The lowest BCUT2D eigenvalue weighted by Gasteiger charge is -2.56. The van der Waals surface area contributed by atoms with Crippen LogP contribution in [0.3, 0.4) is 0 Å². The Morgan fingerprint density at radius 3 is 2.11 bits per heavy atom. The van der Waals surface area contributed by atoms with Crippen molar-refractivity contribution in [1.82, 2.24) is 10.2 Å². The third kappa shape index (κ3) is 1.47. The van der Waals surface area contributed by atoms with E-state index in [2.05, 4.69) is 10.2 Å². The zero-order valence-electron chi connectivity index (χ0n) is 10.7. The number of rotatable bonds is 2. The minimum atomic E-state index is -1.14. The fraction of sp³-hybridized carbons (Fsp3) is 0.714. The van der Waals surface area contributed by atoms with Gasteiger partial charge in [-0.2, -0.15) is 5.10 Å². The van der Waals surface area contributed by atoms with Crippen LogP contribution < -0.4 is 0 Å². The van der Waals surface area contributed by atoms with Crippen molar-refractivity contribution >= 4 is 5.97 Å². The number of carboxylic acid groups (broad SMARTS) is 1. The number of aromatic amines is 1. The Balaban J connectivity index is 1.77.